The maximum atomic E-state index is 13.7. The molecule has 3 heterocycles. The van der Waals surface area contributed by atoms with Gasteiger partial charge in [-0.15, -0.1) is 0 Å². The van der Waals surface area contributed by atoms with Gasteiger partial charge >= 0.3 is 5.97 Å². The van der Waals surface area contributed by atoms with Crippen LogP contribution in [-0.2, 0) is 24.7 Å². The van der Waals surface area contributed by atoms with E-state index in [9.17, 15) is 18.8 Å². The Morgan fingerprint density at radius 3 is 2.25 bits per heavy atom. The minimum atomic E-state index is -1.32. The van der Waals surface area contributed by atoms with Crippen molar-refractivity contribution >= 4 is 23.5 Å². The van der Waals surface area contributed by atoms with Gasteiger partial charge < -0.3 is 4.74 Å². The first-order valence-electron chi connectivity index (χ1n) is 10.8. The Labute approximate surface area is 185 Å². The summed E-state index contributed by atoms with van der Waals surface area (Å²) in [5, 5.41) is 3.38. The molecule has 3 saturated heterocycles. The fraction of sp³-hybridized carbons (Fsp3) is 0.400. The second-order valence-corrected chi connectivity index (χ2v) is 9.88. The Morgan fingerprint density at radius 2 is 1.62 bits per heavy atom. The van der Waals surface area contributed by atoms with Crippen LogP contribution in [0.15, 0.2) is 54.6 Å². The summed E-state index contributed by atoms with van der Waals surface area (Å²) in [5.41, 5.74) is -1.86. The highest BCUT2D eigenvalue weighted by molar-refractivity contribution is 6.24. The molecule has 3 aliphatic rings. The maximum Gasteiger partial charge on any atom is 0.327 e. The molecule has 2 amide bonds. The highest BCUT2D eigenvalue weighted by atomic mass is 19.1. The van der Waals surface area contributed by atoms with Gasteiger partial charge in [-0.25, -0.2) is 9.29 Å². The minimum Gasteiger partial charge on any atom is -0.459 e. The van der Waals surface area contributed by atoms with Crippen LogP contribution in [0.25, 0.3) is 0 Å². The van der Waals surface area contributed by atoms with Gasteiger partial charge in [0.2, 0.25) is 11.8 Å². The smallest absolute Gasteiger partial charge is 0.327 e. The van der Waals surface area contributed by atoms with Gasteiger partial charge in [-0.2, -0.15) is 0 Å². The van der Waals surface area contributed by atoms with Crippen molar-refractivity contribution in [2.24, 2.45) is 11.8 Å². The molecule has 5 rings (SSSR count). The van der Waals surface area contributed by atoms with Gasteiger partial charge in [0, 0.05) is 0 Å². The molecule has 3 aliphatic heterocycles. The molecule has 32 heavy (non-hydrogen) atoms. The standard InChI is InChI=1S/C25H25FN2O4/c1-23(2,3)32-22(31)25-14-13-24(27-25,15-9-11-16(26)12-10-15)18-19(25)21(30)28(20(18)29)17-7-5-4-6-8-17/h4-12,18-19,27H,13-14H2,1-3H3/t18-,19+,24+,25+/m1/s1. The van der Waals surface area contributed by atoms with Crippen molar-refractivity contribution in [3.05, 3.63) is 66.0 Å². The first-order chi connectivity index (χ1) is 15.1. The monoisotopic (exact) mass is 436 g/mol. The van der Waals surface area contributed by atoms with Crippen LogP contribution in [0.2, 0.25) is 0 Å². The zero-order chi connectivity index (χ0) is 22.9. The van der Waals surface area contributed by atoms with Crippen molar-refractivity contribution in [1.82, 2.24) is 5.32 Å². The molecule has 1 N–H and O–H groups in total. The molecule has 0 spiro atoms. The van der Waals surface area contributed by atoms with Crippen molar-refractivity contribution < 1.29 is 23.5 Å². The molecule has 0 radical (unpaired) electrons. The summed E-state index contributed by atoms with van der Waals surface area (Å²) in [5.74, 6) is -3.37. The number of ether oxygens (including phenoxy) is 1. The number of rotatable bonds is 3. The maximum absolute atomic E-state index is 13.7. The quantitative estimate of drug-likeness (QED) is 0.590. The van der Waals surface area contributed by atoms with E-state index in [1.807, 2.05) is 6.07 Å². The molecule has 0 aliphatic carbocycles. The number of fused-ring (bicyclic) bond motifs is 5. The normalized spacial score (nSPS) is 31.2. The molecule has 6 nitrogen and oxygen atoms in total. The highest BCUT2D eigenvalue weighted by Gasteiger charge is 2.77. The number of anilines is 1. The van der Waals surface area contributed by atoms with Crippen LogP contribution >= 0.6 is 0 Å². The summed E-state index contributed by atoms with van der Waals surface area (Å²) in [4.78, 5) is 42.1. The second-order valence-electron chi connectivity index (χ2n) is 9.88. The summed E-state index contributed by atoms with van der Waals surface area (Å²) in [7, 11) is 0. The van der Waals surface area contributed by atoms with Crippen LogP contribution in [-0.4, -0.2) is 28.9 Å². The van der Waals surface area contributed by atoms with Crippen LogP contribution in [0.4, 0.5) is 10.1 Å². The average Bonchev–Trinajstić information content (AvgIpc) is 3.36. The topological polar surface area (TPSA) is 75.7 Å². The van der Waals surface area contributed by atoms with E-state index < -0.39 is 46.2 Å². The lowest BCUT2D eigenvalue weighted by Crippen LogP contribution is -2.56. The Hall–Kier alpha value is -3.06. The summed E-state index contributed by atoms with van der Waals surface area (Å²) in [6.45, 7) is 5.32. The number of amides is 2. The molecule has 3 fully saturated rings. The Morgan fingerprint density at radius 1 is 1.00 bits per heavy atom. The Balaban J connectivity index is 1.66. The molecule has 0 aromatic heterocycles. The molecular formula is C25H25FN2O4. The molecule has 0 unspecified atom stereocenters. The first kappa shape index (κ1) is 20.8. The summed E-state index contributed by atoms with van der Waals surface area (Å²) in [6.07, 6.45) is 0.808. The van der Waals surface area contributed by atoms with Gasteiger partial charge in [-0.1, -0.05) is 30.3 Å². The Bertz CT molecular complexity index is 1110. The molecule has 166 valence electrons. The number of halogens is 1. The number of para-hydroxylation sites is 1. The van der Waals surface area contributed by atoms with Crippen LogP contribution in [0.3, 0.4) is 0 Å². The first-order valence-corrected chi connectivity index (χ1v) is 10.8. The van der Waals surface area contributed by atoms with E-state index in [-0.39, 0.29) is 5.91 Å². The summed E-state index contributed by atoms with van der Waals surface area (Å²) < 4.78 is 19.4. The average molecular weight is 436 g/mol. The molecule has 2 aromatic rings. The number of carbonyl (C=O) groups excluding carboxylic acids is 3. The summed E-state index contributed by atoms with van der Waals surface area (Å²) >= 11 is 0. The molecule has 2 bridgehead atoms. The van der Waals surface area contributed by atoms with E-state index in [0.717, 1.165) is 0 Å². The van der Waals surface area contributed by atoms with Crippen molar-refractivity contribution in [3.63, 3.8) is 0 Å². The van der Waals surface area contributed by atoms with Crippen LogP contribution in [0.5, 0.6) is 0 Å². The number of benzene rings is 2. The van der Waals surface area contributed by atoms with Crippen molar-refractivity contribution in [2.75, 3.05) is 4.90 Å². The zero-order valence-corrected chi connectivity index (χ0v) is 18.2. The van der Waals surface area contributed by atoms with Crippen molar-refractivity contribution in [3.8, 4) is 0 Å². The van der Waals surface area contributed by atoms with E-state index in [1.165, 1.54) is 17.0 Å². The number of esters is 1. The van der Waals surface area contributed by atoms with Crippen LogP contribution in [0.1, 0.15) is 39.2 Å². The lowest BCUT2D eigenvalue weighted by atomic mass is 9.65. The third-order valence-corrected chi connectivity index (χ3v) is 6.86. The third kappa shape index (κ3) is 2.77. The number of hydrogen-bond acceptors (Lipinski definition) is 5. The highest BCUT2D eigenvalue weighted by Crippen LogP contribution is 2.61. The fourth-order valence-electron chi connectivity index (χ4n) is 5.67. The van der Waals surface area contributed by atoms with Gasteiger partial charge in [-0.05, 0) is 63.4 Å². The minimum absolute atomic E-state index is 0.349. The molecular weight excluding hydrogens is 411 g/mol. The number of nitrogens with one attached hydrogen (secondary N) is 1. The van der Waals surface area contributed by atoms with Crippen molar-refractivity contribution in [2.45, 2.75) is 50.3 Å². The fourth-order valence-corrected chi connectivity index (χ4v) is 5.67. The number of carbonyl (C=O) groups is 3. The predicted octanol–water partition coefficient (Wildman–Crippen LogP) is 3.30. The number of imide groups is 1. The van der Waals surface area contributed by atoms with Crippen LogP contribution < -0.4 is 10.2 Å². The molecule has 4 atom stereocenters. The second kappa shape index (κ2) is 6.72. The predicted molar refractivity (Wildman–Crippen MR) is 115 cm³/mol. The largest absolute Gasteiger partial charge is 0.459 e. The van der Waals surface area contributed by atoms with E-state index in [4.69, 9.17) is 4.74 Å². The lowest BCUT2D eigenvalue weighted by molar-refractivity contribution is -0.165. The molecule has 0 saturated carbocycles. The third-order valence-electron chi connectivity index (χ3n) is 6.86. The van der Waals surface area contributed by atoms with E-state index in [1.54, 1.807) is 57.2 Å². The van der Waals surface area contributed by atoms with Gasteiger partial charge in [0.15, 0.2) is 0 Å². The van der Waals surface area contributed by atoms with Gasteiger partial charge in [-0.3, -0.25) is 19.7 Å². The van der Waals surface area contributed by atoms with Gasteiger partial charge in [0.1, 0.15) is 17.0 Å². The lowest BCUT2D eigenvalue weighted by Gasteiger charge is -2.34. The molecule has 2 aromatic carbocycles. The van der Waals surface area contributed by atoms with E-state index in [2.05, 4.69) is 5.32 Å². The Kier molecular flexibility index (Phi) is 4.37. The summed E-state index contributed by atoms with van der Waals surface area (Å²) in [6, 6.07) is 14.7. The van der Waals surface area contributed by atoms with Crippen molar-refractivity contribution in [1.29, 1.82) is 0 Å². The van der Waals surface area contributed by atoms with E-state index in [0.29, 0.717) is 24.1 Å². The number of nitrogens with zero attached hydrogens (tertiary/aromatic N) is 1. The SMILES string of the molecule is CC(C)(C)OC(=O)[C@@]12CC[C@@](c3ccc(F)cc3)(N1)[C@H]1C(=O)N(c3ccccc3)C(=O)[C@H]12. The van der Waals surface area contributed by atoms with Crippen LogP contribution in [0, 0.1) is 17.7 Å². The molecule has 7 heteroatoms. The van der Waals surface area contributed by atoms with E-state index >= 15 is 0 Å². The van der Waals surface area contributed by atoms with Gasteiger partial charge in [0.05, 0.1) is 23.1 Å². The number of hydrogen-bond donors (Lipinski definition) is 1. The van der Waals surface area contributed by atoms with Gasteiger partial charge in [0.25, 0.3) is 0 Å². The zero-order valence-electron chi connectivity index (χ0n) is 18.2.